The molecular weight excluding hydrogens is 404 g/mol. The third-order valence-electron chi connectivity index (χ3n) is 4.25. The predicted octanol–water partition coefficient (Wildman–Crippen LogP) is 5.81. The number of carbonyl (C=O) groups is 1. The maximum absolute atomic E-state index is 12.8. The Hall–Kier alpha value is -3.16. The lowest BCUT2D eigenvalue weighted by atomic mass is 10.1. The standard InChI is InChI=1S/C22H18N2O3S2/c1-26-16-11-15(12-17(13-16)27-2)21(25)24-22-23-19(18-9-6-10-28-18)20(29-22)14-7-4-3-5-8-14/h3-13H,1-2H3,(H,23,24,25). The van der Waals surface area contributed by atoms with Crippen molar-refractivity contribution in [3.63, 3.8) is 0 Å². The minimum atomic E-state index is -0.270. The Morgan fingerprint density at radius 1 is 0.966 bits per heavy atom. The molecule has 0 aliphatic carbocycles. The molecule has 0 atom stereocenters. The number of hydrogen-bond acceptors (Lipinski definition) is 6. The second kappa shape index (κ2) is 8.46. The summed E-state index contributed by atoms with van der Waals surface area (Å²) in [4.78, 5) is 19.6. The highest BCUT2D eigenvalue weighted by Gasteiger charge is 2.18. The molecular formula is C22H18N2O3S2. The number of amides is 1. The molecule has 0 spiro atoms. The maximum Gasteiger partial charge on any atom is 0.257 e. The Kier molecular flexibility index (Phi) is 5.59. The highest BCUT2D eigenvalue weighted by atomic mass is 32.1. The molecule has 2 aromatic heterocycles. The van der Waals surface area contributed by atoms with Gasteiger partial charge in [-0.25, -0.2) is 4.98 Å². The first-order valence-corrected chi connectivity index (χ1v) is 10.5. The summed E-state index contributed by atoms with van der Waals surface area (Å²) in [6.45, 7) is 0. The van der Waals surface area contributed by atoms with Crippen LogP contribution in [0.15, 0.2) is 66.0 Å². The lowest BCUT2D eigenvalue weighted by Gasteiger charge is -2.08. The minimum absolute atomic E-state index is 0.270. The quantitative estimate of drug-likeness (QED) is 0.426. The van der Waals surface area contributed by atoms with E-state index in [1.807, 2.05) is 47.8 Å². The Morgan fingerprint density at radius 2 is 1.69 bits per heavy atom. The number of thiazole rings is 1. The fourth-order valence-electron chi connectivity index (χ4n) is 2.85. The summed E-state index contributed by atoms with van der Waals surface area (Å²) in [5.41, 5.74) is 2.38. The average Bonchev–Trinajstić information content (AvgIpc) is 3.43. The Balaban J connectivity index is 1.69. The molecule has 0 saturated heterocycles. The number of aromatic nitrogens is 1. The zero-order chi connectivity index (χ0) is 20.2. The fourth-order valence-corrected chi connectivity index (χ4v) is 4.61. The van der Waals surface area contributed by atoms with Gasteiger partial charge in [0.15, 0.2) is 5.13 Å². The van der Waals surface area contributed by atoms with Crippen molar-refractivity contribution in [2.75, 3.05) is 19.5 Å². The van der Waals surface area contributed by atoms with Crippen molar-refractivity contribution in [2.24, 2.45) is 0 Å². The highest BCUT2D eigenvalue weighted by molar-refractivity contribution is 7.20. The van der Waals surface area contributed by atoms with Gasteiger partial charge >= 0.3 is 0 Å². The summed E-state index contributed by atoms with van der Waals surface area (Å²) >= 11 is 3.08. The van der Waals surface area contributed by atoms with Crippen LogP contribution in [0.5, 0.6) is 11.5 Å². The van der Waals surface area contributed by atoms with Crippen LogP contribution >= 0.6 is 22.7 Å². The molecule has 2 aromatic carbocycles. The fraction of sp³-hybridized carbons (Fsp3) is 0.0909. The summed E-state index contributed by atoms with van der Waals surface area (Å²) < 4.78 is 10.5. The highest BCUT2D eigenvalue weighted by Crippen LogP contribution is 2.40. The number of benzene rings is 2. The summed E-state index contributed by atoms with van der Waals surface area (Å²) in [6.07, 6.45) is 0. The van der Waals surface area contributed by atoms with Gasteiger partial charge in [0.25, 0.3) is 5.91 Å². The molecule has 0 unspecified atom stereocenters. The zero-order valence-electron chi connectivity index (χ0n) is 15.8. The molecule has 0 fully saturated rings. The maximum atomic E-state index is 12.8. The second-order valence-corrected chi connectivity index (χ2v) is 8.04. The van der Waals surface area contributed by atoms with E-state index in [0.29, 0.717) is 22.2 Å². The van der Waals surface area contributed by atoms with Crippen LogP contribution in [-0.4, -0.2) is 25.1 Å². The van der Waals surface area contributed by atoms with Gasteiger partial charge in [0.05, 0.1) is 24.0 Å². The van der Waals surface area contributed by atoms with Crippen LogP contribution < -0.4 is 14.8 Å². The number of anilines is 1. The number of methoxy groups -OCH3 is 2. The average molecular weight is 423 g/mol. The topological polar surface area (TPSA) is 60.5 Å². The van der Waals surface area contributed by atoms with Gasteiger partial charge < -0.3 is 9.47 Å². The molecule has 4 rings (SSSR count). The van der Waals surface area contributed by atoms with E-state index in [1.165, 1.54) is 11.3 Å². The smallest absolute Gasteiger partial charge is 0.257 e. The minimum Gasteiger partial charge on any atom is -0.497 e. The number of rotatable bonds is 6. The first-order chi connectivity index (χ1) is 14.2. The summed E-state index contributed by atoms with van der Waals surface area (Å²) in [5, 5.41) is 5.47. The van der Waals surface area contributed by atoms with Crippen molar-refractivity contribution in [1.82, 2.24) is 4.98 Å². The van der Waals surface area contributed by atoms with E-state index in [1.54, 1.807) is 43.8 Å². The molecule has 146 valence electrons. The van der Waals surface area contributed by atoms with Gasteiger partial charge in [-0.2, -0.15) is 0 Å². The van der Waals surface area contributed by atoms with Gasteiger partial charge in [0, 0.05) is 11.6 Å². The van der Waals surface area contributed by atoms with E-state index >= 15 is 0 Å². The zero-order valence-corrected chi connectivity index (χ0v) is 17.5. The van der Waals surface area contributed by atoms with Crippen molar-refractivity contribution in [1.29, 1.82) is 0 Å². The molecule has 29 heavy (non-hydrogen) atoms. The monoisotopic (exact) mass is 422 g/mol. The van der Waals surface area contributed by atoms with E-state index in [-0.39, 0.29) is 5.91 Å². The Bertz CT molecular complexity index is 1100. The number of nitrogens with one attached hydrogen (secondary N) is 1. The molecule has 1 amide bonds. The van der Waals surface area contributed by atoms with Crippen LogP contribution in [0.3, 0.4) is 0 Å². The summed E-state index contributed by atoms with van der Waals surface area (Å²) in [7, 11) is 3.10. The molecule has 4 aromatic rings. The molecule has 0 aliphatic rings. The van der Waals surface area contributed by atoms with Crippen LogP contribution in [0.1, 0.15) is 10.4 Å². The number of thiophene rings is 1. The van der Waals surface area contributed by atoms with E-state index in [9.17, 15) is 4.79 Å². The van der Waals surface area contributed by atoms with Gasteiger partial charge in [-0.3, -0.25) is 10.1 Å². The molecule has 0 saturated carbocycles. The molecule has 2 heterocycles. The first-order valence-electron chi connectivity index (χ1n) is 8.82. The van der Waals surface area contributed by atoms with Crippen LogP contribution in [-0.2, 0) is 0 Å². The van der Waals surface area contributed by atoms with Gasteiger partial charge in [-0.1, -0.05) is 47.7 Å². The Labute approximate surface area is 176 Å². The van der Waals surface area contributed by atoms with E-state index in [2.05, 4.69) is 5.32 Å². The molecule has 0 radical (unpaired) electrons. The first kappa shape index (κ1) is 19.2. The SMILES string of the molecule is COc1cc(OC)cc(C(=O)Nc2nc(-c3cccs3)c(-c3ccccc3)s2)c1. The summed E-state index contributed by atoms with van der Waals surface area (Å²) in [6, 6.07) is 19.2. The number of carbonyl (C=O) groups excluding carboxylic acids is 1. The Morgan fingerprint density at radius 3 is 2.31 bits per heavy atom. The second-order valence-electron chi connectivity index (χ2n) is 6.10. The number of ether oxygens (including phenoxy) is 2. The van der Waals surface area contributed by atoms with Gasteiger partial charge in [-0.15, -0.1) is 11.3 Å². The van der Waals surface area contributed by atoms with Crippen molar-refractivity contribution in [3.05, 3.63) is 71.6 Å². The van der Waals surface area contributed by atoms with Gasteiger partial charge in [0.1, 0.15) is 17.2 Å². The van der Waals surface area contributed by atoms with E-state index < -0.39 is 0 Å². The largest absolute Gasteiger partial charge is 0.497 e. The van der Waals surface area contributed by atoms with Crippen molar-refractivity contribution in [2.45, 2.75) is 0 Å². The van der Waals surface area contributed by atoms with Gasteiger partial charge in [-0.05, 0) is 29.1 Å². The summed E-state index contributed by atoms with van der Waals surface area (Å²) in [5.74, 6) is 0.837. The van der Waals surface area contributed by atoms with Crippen LogP contribution in [0, 0.1) is 0 Å². The molecule has 1 N–H and O–H groups in total. The lowest BCUT2D eigenvalue weighted by Crippen LogP contribution is -2.12. The lowest BCUT2D eigenvalue weighted by molar-refractivity contribution is 0.102. The molecule has 7 heteroatoms. The van der Waals surface area contributed by atoms with Crippen LogP contribution in [0.25, 0.3) is 21.0 Å². The van der Waals surface area contributed by atoms with Crippen molar-refractivity contribution in [3.8, 4) is 32.5 Å². The third kappa shape index (κ3) is 4.16. The number of hydrogen-bond donors (Lipinski definition) is 1. The molecule has 5 nitrogen and oxygen atoms in total. The normalized spacial score (nSPS) is 10.6. The van der Waals surface area contributed by atoms with Crippen molar-refractivity contribution >= 4 is 33.7 Å². The van der Waals surface area contributed by atoms with Crippen molar-refractivity contribution < 1.29 is 14.3 Å². The molecule has 0 aliphatic heterocycles. The van der Waals surface area contributed by atoms with Gasteiger partial charge in [0.2, 0.25) is 0 Å². The predicted molar refractivity (Wildman–Crippen MR) is 118 cm³/mol. The van der Waals surface area contributed by atoms with E-state index in [0.717, 1.165) is 21.0 Å². The van der Waals surface area contributed by atoms with E-state index in [4.69, 9.17) is 14.5 Å². The third-order valence-corrected chi connectivity index (χ3v) is 6.15. The van der Waals surface area contributed by atoms with Crippen LogP contribution in [0.2, 0.25) is 0 Å². The number of nitrogens with zero attached hydrogens (tertiary/aromatic N) is 1. The molecule has 0 bridgehead atoms. The van der Waals surface area contributed by atoms with Crippen LogP contribution in [0.4, 0.5) is 5.13 Å².